The topological polar surface area (TPSA) is 69.6 Å². The Hall–Kier alpha value is -2.43. The Kier molecular flexibility index (Phi) is 1.83. The predicted molar refractivity (Wildman–Crippen MR) is 61.1 cm³/mol. The molecule has 0 radical (unpaired) electrons. The maximum atomic E-state index is 5.66. The minimum atomic E-state index is 0.632. The Balaban J connectivity index is 2.26. The van der Waals surface area contributed by atoms with Crippen LogP contribution in [0.15, 0.2) is 42.9 Å². The van der Waals surface area contributed by atoms with Gasteiger partial charge < -0.3 is 5.73 Å². The van der Waals surface area contributed by atoms with Crippen LogP contribution in [0.2, 0.25) is 0 Å². The van der Waals surface area contributed by atoms with Gasteiger partial charge in [-0.2, -0.15) is 9.78 Å². The van der Waals surface area contributed by atoms with Crippen molar-refractivity contribution in [3.8, 4) is 5.82 Å². The average Bonchev–Trinajstić information content (AvgIpc) is 2.73. The molecule has 0 unspecified atom stereocenters. The van der Waals surface area contributed by atoms with Crippen molar-refractivity contribution in [2.24, 2.45) is 0 Å². The van der Waals surface area contributed by atoms with Crippen LogP contribution >= 0.6 is 0 Å². The highest BCUT2D eigenvalue weighted by Gasteiger charge is 2.06. The number of hydrogen-bond donors (Lipinski definition) is 1. The smallest absolute Gasteiger partial charge is 0.164 e. The molecule has 0 bridgehead atoms. The Morgan fingerprint density at radius 3 is 2.88 bits per heavy atom. The highest BCUT2D eigenvalue weighted by Crippen LogP contribution is 2.16. The van der Waals surface area contributed by atoms with Crippen LogP contribution in [0.5, 0.6) is 0 Å². The van der Waals surface area contributed by atoms with E-state index in [2.05, 4.69) is 15.1 Å². The summed E-state index contributed by atoms with van der Waals surface area (Å²) in [6.45, 7) is 0. The van der Waals surface area contributed by atoms with Gasteiger partial charge in [-0.3, -0.25) is 0 Å². The summed E-state index contributed by atoms with van der Waals surface area (Å²) < 4.78 is 1.69. The molecule has 3 aromatic heterocycles. The Bertz CT molecular complexity index is 629. The van der Waals surface area contributed by atoms with E-state index in [1.807, 2.05) is 24.3 Å². The van der Waals surface area contributed by atoms with Crippen molar-refractivity contribution in [1.29, 1.82) is 0 Å². The van der Waals surface area contributed by atoms with Crippen molar-refractivity contribution < 1.29 is 0 Å². The molecular formula is C11H9N5. The molecular weight excluding hydrogens is 202 g/mol. The SMILES string of the molecule is Nc1cnc2c(cnn2-c2ccccn2)c1. The quantitative estimate of drug-likeness (QED) is 0.660. The van der Waals surface area contributed by atoms with Gasteiger partial charge in [0, 0.05) is 11.6 Å². The van der Waals surface area contributed by atoms with Gasteiger partial charge in [0.25, 0.3) is 0 Å². The molecule has 0 aliphatic carbocycles. The minimum Gasteiger partial charge on any atom is -0.397 e. The predicted octanol–water partition coefficient (Wildman–Crippen LogP) is 1.40. The number of aromatic nitrogens is 4. The third kappa shape index (κ3) is 1.30. The summed E-state index contributed by atoms with van der Waals surface area (Å²) in [4.78, 5) is 8.48. The standard InChI is InChI=1S/C11H9N5/c12-9-5-8-6-15-16(11(8)14-7-9)10-3-1-2-4-13-10/h1-7H,12H2. The molecule has 0 saturated heterocycles. The molecule has 2 N–H and O–H groups in total. The van der Waals surface area contributed by atoms with E-state index in [4.69, 9.17) is 5.73 Å². The molecule has 5 heteroatoms. The molecule has 0 amide bonds. The summed E-state index contributed by atoms with van der Waals surface area (Å²) in [5, 5.41) is 5.15. The molecule has 78 valence electrons. The lowest BCUT2D eigenvalue weighted by atomic mass is 10.3. The second kappa shape index (κ2) is 3.30. The first-order chi connectivity index (χ1) is 7.84. The number of fused-ring (bicyclic) bond motifs is 1. The van der Waals surface area contributed by atoms with Crippen molar-refractivity contribution >= 4 is 16.7 Å². The molecule has 16 heavy (non-hydrogen) atoms. The van der Waals surface area contributed by atoms with Gasteiger partial charge in [-0.05, 0) is 18.2 Å². The number of hydrogen-bond acceptors (Lipinski definition) is 4. The Morgan fingerprint density at radius 1 is 1.12 bits per heavy atom. The summed E-state index contributed by atoms with van der Waals surface area (Å²) in [7, 11) is 0. The lowest BCUT2D eigenvalue weighted by Crippen LogP contribution is -1.99. The molecule has 0 aliphatic heterocycles. The molecule has 5 nitrogen and oxygen atoms in total. The monoisotopic (exact) mass is 211 g/mol. The summed E-state index contributed by atoms with van der Waals surface area (Å²) in [6, 6.07) is 7.49. The average molecular weight is 211 g/mol. The van der Waals surface area contributed by atoms with Crippen LogP contribution in [0, 0.1) is 0 Å². The van der Waals surface area contributed by atoms with Crippen LogP contribution in [0.4, 0.5) is 5.69 Å². The van der Waals surface area contributed by atoms with Crippen LogP contribution in [-0.2, 0) is 0 Å². The Morgan fingerprint density at radius 2 is 2.06 bits per heavy atom. The summed E-state index contributed by atoms with van der Waals surface area (Å²) in [5.41, 5.74) is 7.05. The maximum Gasteiger partial charge on any atom is 0.164 e. The van der Waals surface area contributed by atoms with Crippen LogP contribution in [0.1, 0.15) is 0 Å². The van der Waals surface area contributed by atoms with Crippen molar-refractivity contribution in [1.82, 2.24) is 19.7 Å². The molecule has 0 spiro atoms. The second-order valence-electron chi connectivity index (χ2n) is 3.43. The molecule has 3 heterocycles. The molecule has 0 saturated carbocycles. The lowest BCUT2D eigenvalue weighted by Gasteiger charge is -2.00. The molecule has 0 aromatic carbocycles. The first-order valence-corrected chi connectivity index (χ1v) is 4.85. The van der Waals surface area contributed by atoms with Gasteiger partial charge in [0.1, 0.15) is 0 Å². The van der Waals surface area contributed by atoms with Crippen molar-refractivity contribution in [2.45, 2.75) is 0 Å². The first kappa shape index (κ1) is 8.84. The van der Waals surface area contributed by atoms with E-state index in [9.17, 15) is 0 Å². The Labute approximate surface area is 91.6 Å². The lowest BCUT2D eigenvalue weighted by molar-refractivity contribution is 0.863. The van der Waals surface area contributed by atoms with E-state index in [1.54, 1.807) is 23.3 Å². The van der Waals surface area contributed by atoms with E-state index < -0.39 is 0 Å². The summed E-state index contributed by atoms with van der Waals surface area (Å²) in [6.07, 6.45) is 5.07. The molecule has 3 rings (SSSR count). The number of nitrogens with zero attached hydrogens (tertiary/aromatic N) is 4. The van der Waals surface area contributed by atoms with Gasteiger partial charge in [-0.15, -0.1) is 0 Å². The zero-order valence-electron chi connectivity index (χ0n) is 8.41. The fourth-order valence-corrected chi connectivity index (χ4v) is 1.58. The van der Waals surface area contributed by atoms with Gasteiger partial charge in [0.15, 0.2) is 11.5 Å². The third-order valence-electron chi connectivity index (χ3n) is 2.30. The molecule has 3 aromatic rings. The highest BCUT2D eigenvalue weighted by atomic mass is 15.3. The highest BCUT2D eigenvalue weighted by molar-refractivity contribution is 5.78. The molecule has 0 aliphatic rings. The maximum absolute atomic E-state index is 5.66. The number of anilines is 1. The van der Waals surface area contributed by atoms with E-state index in [0.29, 0.717) is 5.69 Å². The van der Waals surface area contributed by atoms with Crippen LogP contribution in [0.3, 0.4) is 0 Å². The van der Waals surface area contributed by atoms with Crippen molar-refractivity contribution in [3.05, 3.63) is 42.9 Å². The number of rotatable bonds is 1. The fourth-order valence-electron chi connectivity index (χ4n) is 1.58. The normalized spacial score (nSPS) is 10.8. The zero-order valence-corrected chi connectivity index (χ0v) is 8.41. The van der Waals surface area contributed by atoms with Crippen molar-refractivity contribution in [2.75, 3.05) is 5.73 Å². The third-order valence-corrected chi connectivity index (χ3v) is 2.30. The van der Waals surface area contributed by atoms with Crippen LogP contribution in [-0.4, -0.2) is 19.7 Å². The van der Waals surface area contributed by atoms with E-state index >= 15 is 0 Å². The second-order valence-corrected chi connectivity index (χ2v) is 3.43. The van der Waals surface area contributed by atoms with Crippen molar-refractivity contribution in [3.63, 3.8) is 0 Å². The fraction of sp³-hybridized carbons (Fsp3) is 0. The van der Waals surface area contributed by atoms with Gasteiger partial charge in [-0.25, -0.2) is 9.97 Å². The van der Waals surface area contributed by atoms with E-state index in [-0.39, 0.29) is 0 Å². The number of pyridine rings is 2. The van der Waals surface area contributed by atoms with Gasteiger partial charge >= 0.3 is 0 Å². The summed E-state index contributed by atoms with van der Waals surface area (Å²) >= 11 is 0. The molecule has 0 atom stereocenters. The van der Waals surface area contributed by atoms with Gasteiger partial charge in [-0.1, -0.05) is 6.07 Å². The van der Waals surface area contributed by atoms with Gasteiger partial charge in [0.05, 0.1) is 18.1 Å². The van der Waals surface area contributed by atoms with E-state index in [0.717, 1.165) is 16.9 Å². The minimum absolute atomic E-state index is 0.632. The van der Waals surface area contributed by atoms with E-state index in [1.165, 1.54) is 0 Å². The first-order valence-electron chi connectivity index (χ1n) is 4.85. The van der Waals surface area contributed by atoms with Crippen LogP contribution < -0.4 is 5.73 Å². The molecule has 0 fully saturated rings. The van der Waals surface area contributed by atoms with Crippen LogP contribution in [0.25, 0.3) is 16.9 Å². The number of nitrogen functional groups attached to an aromatic ring is 1. The number of nitrogens with two attached hydrogens (primary N) is 1. The summed E-state index contributed by atoms with van der Waals surface area (Å²) in [5.74, 6) is 0.745. The zero-order chi connectivity index (χ0) is 11.0. The van der Waals surface area contributed by atoms with Gasteiger partial charge in [0.2, 0.25) is 0 Å². The largest absolute Gasteiger partial charge is 0.397 e.